The predicted octanol–water partition coefficient (Wildman–Crippen LogP) is 1.12. The second-order valence-corrected chi connectivity index (χ2v) is 3.19. The van der Waals surface area contributed by atoms with Crippen molar-refractivity contribution in [1.29, 1.82) is 0 Å². The molecule has 0 amide bonds. The number of aromatic amines is 1. The van der Waals surface area contributed by atoms with Gasteiger partial charge in [-0.1, -0.05) is 6.07 Å². The molecule has 2 aromatic rings. The van der Waals surface area contributed by atoms with Crippen LogP contribution in [0.5, 0.6) is 5.75 Å². The van der Waals surface area contributed by atoms with Crippen molar-refractivity contribution in [1.82, 2.24) is 4.98 Å². The van der Waals surface area contributed by atoms with Crippen molar-refractivity contribution in [3.63, 3.8) is 0 Å². The van der Waals surface area contributed by atoms with Gasteiger partial charge in [-0.15, -0.1) is 0 Å². The van der Waals surface area contributed by atoms with Crippen LogP contribution in [0.25, 0.3) is 10.8 Å². The molecule has 0 unspecified atom stereocenters. The number of hydrogen-bond acceptors (Lipinski definition) is 3. The first kappa shape index (κ1) is 8.62. The van der Waals surface area contributed by atoms with Crippen LogP contribution in [0.2, 0.25) is 0 Å². The number of phenols is 1. The van der Waals surface area contributed by atoms with Gasteiger partial charge in [-0.05, 0) is 19.1 Å². The number of aromatic hydroxyl groups is 1. The molecule has 4 heteroatoms. The molecule has 0 aliphatic rings. The highest BCUT2D eigenvalue weighted by atomic mass is 16.3. The number of hydrogen-bond donors (Lipinski definition) is 3. The van der Waals surface area contributed by atoms with Crippen LogP contribution in [0.1, 0.15) is 5.69 Å². The van der Waals surface area contributed by atoms with Crippen LogP contribution in [0.3, 0.4) is 0 Å². The lowest BCUT2D eigenvalue weighted by molar-refractivity contribution is 0.481. The average molecular weight is 190 g/mol. The Hall–Kier alpha value is -1.97. The summed E-state index contributed by atoms with van der Waals surface area (Å²) in [6.45, 7) is 1.70. The molecule has 0 aliphatic heterocycles. The zero-order valence-electron chi connectivity index (χ0n) is 7.66. The first-order valence-electron chi connectivity index (χ1n) is 4.21. The van der Waals surface area contributed by atoms with Crippen LogP contribution in [0.4, 0.5) is 5.69 Å². The van der Waals surface area contributed by atoms with Gasteiger partial charge in [0.25, 0.3) is 5.56 Å². The van der Waals surface area contributed by atoms with Crippen LogP contribution in [-0.2, 0) is 0 Å². The molecule has 2 rings (SSSR count). The fourth-order valence-corrected chi connectivity index (χ4v) is 1.50. The largest absolute Gasteiger partial charge is 0.507 e. The third kappa shape index (κ3) is 1.04. The number of aromatic nitrogens is 1. The predicted molar refractivity (Wildman–Crippen MR) is 55.4 cm³/mol. The molecule has 4 nitrogen and oxygen atoms in total. The fourth-order valence-electron chi connectivity index (χ4n) is 1.50. The van der Waals surface area contributed by atoms with Gasteiger partial charge in [0.1, 0.15) is 5.75 Å². The lowest BCUT2D eigenvalue weighted by Gasteiger charge is -2.06. The normalized spacial score (nSPS) is 10.6. The molecule has 4 N–H and O–H groups in total. The van der Waals surface area contributed by atoms with E-state index < -0.39 is 0 Å². The van der Waals surface area contributed by atoms with Crippen molar-refractivity contribution in [2.75, 3.05) is 5.73 Å². The zero-order valence-corrected chi connectivity index (χ0v) is 7.66. The number of nitrogen functional groups attached to an aromatic ring is 1. The first-order chi connectivity index (χ1) is 6.61. The molecule has 1 heterocycles. The van der Waals surface area contributed by atoms with E-state index in [9.17, 15) is 9.90 Å². The van der Waals surface area contributed by atoms with Crippen molar-refractivity contribution in [2.45, 2.75) is 6.92 Å². The molecule has 0 saturated carbocycles. The molecule has 0 saturated heterocycles. The van der Waals surface area contributed by atoms with Crippen molar-refractivity contribution >= 4 is 16.5 Å². The van der Waals surface area contributed by atoms with Crippen LogP contribution in [0.15, 0.2) is 23.0 Å². The Morgan fingerprint density at radius 1 is 1.43 bits per heavy atom. The molecule has 0 aliphatic carbocycles. The van der Waals surface area contributed by atoms with Crippen molar-refractivity contribution in [2.24, 2.45) is 0 Å². The molecule has 14 heavy (non-hydrogen) atoms. The summed E-state index contributed by atoms with van der Waals surface area (Å²) in [5.41, 5.74) is 6.51. The van der Waals surface area contributed by atoms with Gasteiger partial charge in [-0.3, -0.25) is 4.79 Å². The van der Waals surface area contributed by atoms with Crippen LogP contribution in [0, 0.1) is 6.92 Å². The maximum Gasteiger partial charge on any atom is 0.256 e. The third-order valence-corrected chi connectivity index (χ3v) is 2.26. The number of anilines is 1. The summed E-state index contributed by atoms with van der Waals surface area (Å²) in [4.78, 5) is 14.1. The van der Waals surface area contributed by atoms with E-state index in [-0.39, 0.29) is 11.3 Å². The number of pyridine rings is 1. The molecule has 72 valence electrons. The lowest BCUT2D eigenvalue weighted by atomic mass is 10.1. The number of benzene rings is 1. The molecule has 1 aromatic carbocycles. The molecular formula is C10H10N2O2. The van der Waals surface area contributed by atoms with Crippen LogP contribution < -0.4 is 11.3 Å². The topological polar surface area (TPSA) is 79.1 Å². The SMILES string of the molecule is Cc1[nH]c(=O)c2cccc(O)c2c1N. The van der Waals surface area contributed by atoms with Gasteiger partial charge in [0, 0.05) is 5.69 Å². The molecule has 0 radical (unpaired) electrons. The molecule has 0 spiro atoms. The van der Waals surface area contributed by atoms with E-state index in [1.54, 1.807) is 19.1 Å². The van der Waals surface area contributed by atoms with Crippen molar-refractivity contribution in [3.05, 3.63) is 34.2 Å². The summed E-state index contributed by atoms with van der Waals surface area (Å²) in [5, 5.41) is 10.4. The quantitative estimate of drug-likeness (QED) is 0.582. The fraction of sp³-hybridized carbons (Fsp3) is 0.100. The zero-order chi connectivity index (χ0) is 10.3. The van der Waals surface area contributed by atoms with E-state index >= 15 is 0 Å². The van der Waals surface area contributed by atoms with Gasteiger partial charge >= 0.3 is 0 Å². The summed E-state index contributed by atoms with van der Waals surface area (Å²) in [6.07, 6.45) is 0. The summed E-state index contributed by atoms with van der Waals surface area (Å²) in [6, 6.07) is 4.75. The Morgan fingerprint density at radius 2 is 2.14 bits per heavy atom. The second kappa shape index (κ2) is 2.77. The molecule has 0 bridgehead atoms. The van der Waals surface area contributed by atoms with Gasteiger partial charge in [0.05, 0.1) is 16.5 Å². The molecule has 0 fully saturated rings. The van der Waals surface area contributed by atoms with E-state index in [1.165, 1.54) is 6.07 Å². The van der Waals surface area contributed by atoms with Gasteiger partial charge < -0.3 is 15.8 Å². The maximum atomic E-state index is 11.5. The smallest absolute Gasteiger partial charge is 0.256 e. The molecule has 1 aromatic heterocycles. The Balaban J connectivity index is 3.11. The Kier molecular flexibility index (Phi) is 1.70. The standard InChI is InChI=1S/C10H10N2O2/c1-5-9(11)8-6(10(14)12-5)3-2-4-7(8)13/h2-4,13H,11H2,1H3,(H,12,14). The van der Waals surface area contributed by atoms with E-state index in [1.807, 2.05) is 0 Å². The second-order valence-electron chi connectivity index (χ2n) is 3.19. The first-order valence-corrected chi connectivity index (χ1v) is 4.21. The van der Waals surface area contributed by atoms with E-state index in [4.69, 9.17) is 5.73 Å². The highest BCUT2D eigenvalue weighted by Gasteiger charge is 2.08. The summed E-state index contributed by atoms with van der Waals surface area (Å²) < 4.78 is 0. The van der Waals surface area contributed by atoms with Gasteiger partial charge in [0.15, 0.2) is 0 Å². The third-order valence-electron chi connectivity index (χ3n) is 2.26. The monoisotopic (exact) mass is 190 g/mol. The molecule has 0 atom stereocenters. The summed E-state index contributed by atoms with van der Waals surface area (Å²) in [7, 11) is 0. The minimum absolute atomic E-state index is 0.0363. The maximum absolute atomic E-state index is 11.5. The van der Waals surface area contributed by atoms with Crippen molar-refractivity contribution in [3.8, 4) is 5.75 Å². The number of nitrogens with one attached hydrogen (secondary N) is 1. The summed E-state index contributed by atoms with van der Waals surface area (Å²) >= 11 is 0. The minimum Gasteiger partial charge on any atom is -0.507 e. The number of fused-ring (bicyclic) bond motifs is 1. The van der Waals surface area contributed by atoms with Gasteiger partial charge in [0.2, 0.25) is 0 Å². The number of phenolic OH excluding ortho intramolecular Hbond substituents is 1. The highest BCUT2D eigenvalue weighted by Crippen LogP contribution is 2.28. The Labute approximate surface area is 80.0 Å². The Bertz CT molecular complexity index is 558. The number of aryl methyl sites for hydroxylation is 1. The van der Waals surface area contributed by atoms with Crippen LogP contribution in [-0.4, -0.2) is 10.1 Å². The number of nitrogens with two attached hydrogens (primary N) is 1. The Morgan fingerprint density at radius 3 is 2.86 bits per heavy atom. The van der Waals surface area contributed by atoms with E-state index in [2.05, 4.69) is 4.98 Å². The van der Waals surface area contributed by atoms with Gasteiger partial charge in [-0.2, -0.15) is 0 Å². The number of rotatable bonds is 0. The van der Waals surface area contributed by atoms with Gasteiger partial charge in [-0.25, -0.2) is 0 Å². The average Bonchev–Trinajstić information content (AvgIpc) is 2.14. The van der Waals surface area contributed by atoms with Crippen molar-refractivity contribution < 1.29 is 5.11 Å². The van der Waals surface area contributed by atoms with E-state index in [0.717, 1.165) is 0 Å². The summed E-state index contributed by atoms with van der Waals surface area (Å²) in [5.74, 6) is 0.0363. The number of H-pyrrole nitrogens is 1. The highest BCUT2D eigenvalue weighted by molar-refractivity contribution is 5.97. The minimum atomic E-state index is -0.234. The van der Waals surface area contributed by atoms with Crippen LogP contribution >= 0.6 is 0 Å². The molecular weight excluding hydrogens is 180 g/mol. The lowest BCUT2D eigenvalue weighted by Crippen LogP contribution is -2.10. The van der Waals surface area contributed by atoms with E-state index in [0.29, 0.717) is 22.2 Å².